The number of benzene rings is 1. The summed E-state index contributed by atoms with van der Waals surface area (Å²) < 4.78 is 51.0. The Hall–Kier alpha value is -1.47. The zero-order chi connectivity index (χ0) is 16.4. The Labute approximate surface area is 133 Å². The molecular formula is C16H21F3N2O2. The minimum absolute atomic E-state index is 0.0735. The van der Waals surface area contributed by atoms with Crippen LogP contribution in [0.15, 0.2) is 12.1 Å². The number of ether oxygens (including phenoxy) is 2. The van der Waals surface area contributed by atoms with Gasteiger partial charge in [0.1, 0.15) is 18.5 Å². The lowest BCUT2D eigenvalue weighted by molar-refractivity contribution is -0.138. The molecule has 0 unspecified atom stereocenters. The summed E-state index contributed by atoms with van der Waals surface area (Å²) in [6.07, 6.45) is -3.27. The van der Waals surface area contributed by atoms with Crippen molar-refractivity contribution in [1.29, 1.82) is 0 Å². The molecule has 23 heavy (non-hydrogen) atoms. The molecule has 0 saturated carbocycles. The van der Waals surface area contributed by atoms with Gasteiger partial charge < -0.3 is 19.7 Å². The van der Waals surface area contributed by atoms with Crippen molar-refractivity contribution >= 4 is 5.69 Å². The second kappa shape index (κ2) is 6.57. The van der Waals surface area contributed by atoms with Gasteiger partial charge in [-0.2, -0.15) is 13.2 Å². The fourth-order valence-electron chi connectivity index (χ4n) is 3.18. The SMILES string of the molecule is CN1CCCc2c(C(F)(F)F)ccc(OC[C@@H]3CNCCO3)c21. The molecule has 1 N–H and O–H groups in total. The van der Waals surface area contributed by atoms with E-state index in [1.165, 1.54) is 6.07 Å². The zero-order valence-corrected chi connectivity index (χ0v) is 13.1. The summed E-state index contributed by atoms with van der Waals surface area (Å²) >= 11 is 0. The fraction of sp³-hybridized carbons (Fsp3) is 0.625. The molecule has 3 rings (SSSR count). The van der Waals surface area contributed by atoms with Crippen molar-refractivity contribution in [1.82, 2.24) is 5.32 Å². The Morgan fingerprint density at radius 1 is 1.39 bits per heavy atom. The van der Waals surface area contributed by atoms with E-state index >= 15 is 0 Å². The van der Waals surface area contributed by atoms with Crippen molar-refractivity contribution in [2.75, 3.05) is 44.8 Å². The number of morpholine rings is 1. The number of hydrogen-bond acceptors (Lipinski definition) is 4. The average molecular weight is 330 g/mol. The van der Waals surface area contributed by atoms with Crippen LogP contribution < -0.4 is 15.0 Å². The molecule has 4 nitrogen and oxygen atoms in total. The summed E-state index contributed by atoms with van der Waals surface area (Å²) in [6.45, 7) is 3.19. The van der Waals surface area contributed by atoms with Crippen molar-refractivity contribution in [3.8, 4) is 5.75 Å². The number of anilines is 1. The van der Waals surface area contributed by atoms with Gasteiger partial charge in [0.2, 0.25) is 0 Å². The Morgan fingerprint density at radius 2 is 2.22 bits per heavy atom. The molecule has 1 atom stereocenters. The van der Waals surface area contributed by atoms with Gasteiger partial charge in [0.05, 0.1) is 17.9 Å². The molecule has 0 bridgehead atoms. The van der Waals surface area contributed by atoms with Gasteiger partial charge in [0.25, 0.3) is 0 Å². The maximum Gasteiger partial charge on any atom is 0.416 e. The van der Waals surface area contributed by atoms with Gasteiger partial charge in [-0.3, -0.25) is 0 Å². The van der Waals surface area contributed by atoms with Crippen LogP contribution in [0.1, 0.15) is 17.5 Å². The number of alkyl halides is 3. The maximum atomic E-state index is 13.2. The van der Waals surface area contributed by atoms with E-state index in [-0.39, 0.29) is 6.10 Å². The standard InChI is InChI=1S/C16H21F3N2O2/c1-21-7-2-3-12-13(16(17,18)19)4-5-14(15(12)21)23-10-11-9-20-6-8-22-11/h4-5,11,20H,2-3,6-10H2,1H3/t11-/m0/s1. The summed E-state index contributed by atoms with van der Waals surface area (Å²) in [6, 6.07) is 2.56. The highest BCUT2D eigenvalue weighted by molar-refractivity contribution is 5.67. The highest BCUT2D eigenvalue weighted by atomic mass is 19.4. The lowest BCUT2D eigenvalue weighted by atomic mass is 9.95. The molecule has 2 heterocycles. The van der Waals surface area contributed by atoms with Gasteiger partial charge in [0.15, 0.2) is 0 Å². The van der Waals surface area contributed by atoms with E-state index in [9.17, 15) is 13.2 Å². The van der Waals surface area contributed by atoms with Gasteiger partial charge in [0, 0.05) is 26.7 Å². The average Bonchev–Trinajstić information content (AvgIpc) is 2.52. The molecule has 128 valence electrons. The van der Waals surface area contributed by atoms with Gasteiger partial charge in [-0.05, 0) is 30.5 Å². The molecule has 1 saturated heterocycles. The van der Waals surface area contributed by atoms with Crippen LogP contribution in [0.25, 0.3) is 0 Å². The lowest BCUT2D eigenvalue weighted by Crippen LogP contribution is -2.41. The van der Waals surface area contributed by atoms with E-state index in [0.29, 0.717) is 49.6 Å². The number of rotatable bonds is 3. The number of hydrogen-bond donors (Lipinski definition) is 1. The van der Waals surface area contributed by atoms with Crippen molar-refractivity contribution < 1.29 is 22.6 Å². The maximum absolute atomic E-state index is 13.2. The van der Waals surface area contributed by atoms with Gasteiger partial charge in [-0.1, -0.05) is 0 Å². The van der Waals surface area contributed by atoms with Crippen LogP contribution >= 0.6 is 0 Å². The third-order valence-corrected chi connectivity index (χ3v) is 4.28. The van der Waals surface area contributed by atoms with Crippen LogP contribution in [-0.2, 0) is 17.3 Å². The van der Waals surface area contributed by atoms with Crippen LogP contribution in [0.4, 0.5) is 18.9 Å². The molecule has 0 spiro atoms. The van der Waals surface area contributed by atoms with Crippen molar-refractivity contribution in [2.24, 2.45) is 0 Å². The number of nitrogens with one attached hydrogen (secondary N) is 1. The minimum atomic E-state index is -4.34. The van der Waals surface area contributed by atoms with Crippen molar-refractivity contribution in [2.45, 2.75) is 25.1 Å². The van der Waals surface area contributed by atoms with Gasteiger partial charge in [-0.25, -0.2) is 0 Å². The highest BCUT2D eigenvalue weighted by Crippen LogP contribution is 2.43. The summed E-state index contributed by atoms with van der Waals surface area (Å²) in [5, 5.41) is 3.21. The van der Waals surface area contributed by atoms with E-state index in [1.807, 2.05) is 11.9 Å². The quantitative estimate of drug-likeness (QED) is 0.923. The van der Waals surface area contributed by atoms with E-state index in [1.54, 1.807) is 0 Å². The largest absolute Gasteiger partial charge is 0.489 e. The zero-order valence-electron chi connectivity index (χ0n) is 13.1. The number of halogens is 3. The predicted molar refractivity (Wildman–Crippen MR) is 81.1 cm³/mol. The smallest absolute Gasteiger partial charge is 0.416 e. The number of nitrogens with zero attached hydrogens (tertiary/aromatic N) is 1. The Balaban J connectivity index is 1.85. The molecule has 0 amide bonds. The first kappa shape index (κ1) is 16.4. The summed E-state index contributed by atoms with van der Waals surface area (Å²) in [5.41, 5.74) is 0.350. The molecule has 1 fully saturated rings. The van der Waals surface area contributed by atoms with Crippen LogP contribution in [-0.4, -0.2) is 46.0 Å². The second-order valence-electron chi connectivity index (χ2n) is 5.97. The molecule has 2 aliphatic rings. The lowest BCUT2D eigenvalue weighted by Gasteiger charge is -2.32. The molecular weight excluding hydrogens is 309 g/mol. The molecule has 2 aliphatic heterocycles. The Kier molecular flexibility index (Phi) is 4.68. The number of fused-ring (bicyclic) bond motifs is 1. The Morgan fingerprint density at radius 3 is 2.91 bits per heavy atom. The second-order valence-corrected chi connectivity index (χ2v) is 5.97. The molecule has 0 aromatic heterocycles. The highest BCUT2D eigenvalue weighted by Gasteiger charge is 2.36. The molecule has 0 aliphatic carbocycles. The first-order chi connectivity index (χ1) is 11.0. The normalized spacial score (nSPS) is 21.9. The predicted octanol–water partition coefficient (Wildman–Crippen LogP) is 2.46. The Bertz CT molecular complexity index is 557. The van der Waals surface area contributed by atoms with E-state index in [4.69, 9.17) is 9.47 Å². The minimum Gasteiger partial charge on any atom is -0.489 e. The van der Waals surface area contributed by atoms with E-state index in [0.717, 1.165) is 19.2 Å². The first-order valence-corrected chi connectivity index (χ1v) is 7.86. The molecule has 1 aromatic carbocycles. The van der Waals surface area contributed by atoms with Crippen molar-refractivity contribution in [3.05, 3.63) is 23.3 Å². The first-order valence-electron chi connectivity index (χ1n) is 7.86. The van der Waals surface area contributed by atoms with Gasteiger partial charge in [-0.15, -0.1) is 0 Å². The third kappa shape index (κ3) is 3.55. The topological polar surface area (TPSA) is 33.7 Å². The fourth-order valence-corrected chi connectivity index (χ4v) is 3.18. The summed E-state index contributed by atoms with van der Waals surface area (Å²) in [7, 11) is 1.81. The van der Waals surface area contributed by atoms with Crippen LogP contribution in [0, 0.1) is 0 Å². The van der Waals surface area contributed by atoms with E-state index < -0.39 is 11.7 Å². The molecule has 1 aromatic rings. The summed E-state index contributed by atoms with van der Waals surface area (Å²) in [5.74, 6) is 0.504. The van der Waals surface area contributed by atoms with Gasteiger partial charge >= 0.3 is 6.18 Å². The third-order valence-electron chi connectivity index (χ3n) is 4.28. The molecule has 7 heteroatoms. The van der Waals surface area contributed by atoms with Crippen LogP contribution in [0.2, 0.25) is 0 Å². The summed E-state index contributed by atoms with van der Waals surface area (Å²) in [4.78, 5) is 1.85. The van der Waals surface area contributed by atoms with Crippen LogP contribution in [0.5, 0.6) is 5.75 Å². The van der Waals surface area contributed by atoms with Crippen molar-refractivity contribution in [3.63, 3.8) is 0 Å². The van der Waals surface area contributed by atoms with E-state index in [2.05, 4.69) is 5.32 Å². The monoisotopic (exact) mass is 330 g/mol. The van der Waals surface area contributed by atoms with Crippen LogP contribution in [0.3, 0.4) is 0 Å². The molecule has 0 radical (unpaired) electrons.